The van der Waals surface area contributed by atoms with E-state index in [0.29, 0.717) is 0 Å². The Bertz CT molecular complexity index is 54.6. The first-order chi connectivity index (χ1) is 4.00. The SMILES string of the molecule is C[Si](Cl)(Cl)Cl.ClC(Cl)(Cl)Cl. The minimum absolute atomic E-state index is 1.61. The van der Waals surface area contributed by atoms with Crippen molar-refractivity contribution in [2.24, 2.45) is 0 Å². The number of halogens is 7. The van der Waals surface area contributed by atoms with E-state index >= 15 is 0 Å². The molecule has 0 radical (unpaired) electrons. The lowest BCUT2D eigenvalue weighted by Gasteiger charge is -1.91. The van der Waals surface area contributed by atoms with Gasteiger partial charge in [0.05, 0.1) is 0 Å². The predicted molar refractivity (Wildman–Crippen MR) is 55.3 cm³/mol. The van der Waals surface area contributed by atoms with E-state index in [9.17, 15) is 0 Å². The van der Waals surface area contributed by atoms with Gasteiger partial charge in [-0.3, -0.25) is 0 Å². The lowest BCUT2D eigenvalue weighted by Crippen LogP contribution is -1.97. The highest BCUT2D eigenvalue weighted by atomic mass is 35.8. The van der Waals surface area contributed by atoms with Crippen LogP contribution in [0.3, 0.4) is 0 Å². The summed E-state index contributed by atoms with van der Waals surface area (Å²) in [6.45, 7) is 1.62. The Hall–Kier alpha value is 2.25. The second-order valence-corrected chi connectivity index (χ2v) is 14.7. The summed E-state index contributed by atoms with van der Waals surface area (Å²) in [5.41, 5.74) is 0. The normalized spacial score (nSPS) is 12.0. The summed E-state index contributed by atoms with van der Waals surface area (Å²) in [5.74, 6) is 0. The van der Waals surface area contributed by atoms with Crippen LogP contribution in [0.1, 0.15) is 0 Å². The van der Waals surface area contributed by atoms with Gasteiger partial charge >= 0.3 is 6.00 Å². The highest BCUT2D eigenvalue weighted by Gasteiger charge is 2.13. The van der Waals surface area contributed by atoms with Crippen LogP contribution in [-0.2, 0) is 0 Å². The van der Waals surface area contributed by atoms with Crippen LogP contribution in [0, 0.1) is 0 Å². The fourth-order valence-corrected chi connectivity index (χ4v) is 0. The van der Waals surface area contributed by atoms with Crippen LogP contribution in [0.5, 0.6) is 0 Å². The molecule has 0 spiro atoms. The Morgan fingerprint density at radius 3 is 0.900 bits per heavy atom. The third kappa shape index (κ3) is 174. The van der Waals surface area contributed by atoms with E-state index in [1.165, 1.54) is 0 Å². The summed E-state index contributed by atoms with van der Waals surface area (Å²) in [7, 11) is 0. The van der Waals surface area contributed by atoms with Gasteiger partial charge in [0.25, 0.3) is 3.25 Å². The second-order valence-electron chi connectivity index (χ2n) is 1.21. The van der Waals surface area contributed by atoms with E-state index in [1.54, 1.807) is 6.55 Å². The maximum Gasteiger partial charge on any atom is 0.338 e. The summed E-state index contributed by atoms with van der Waals surface area (Å²) < 4.78 is -1.61. The van der Waals surface area contributed by atoms with Crippen LogP contribution < -0.4 is 0 Å². The van der Waals surface area contributed by atoms with Gasteiger partial charge in [0.15, 0.2) is 0 Å². The zero-order valence-electron chi connectivity index (χ0n) is 4.65. The van der Waals surface area contributed by atoms with Gasteiger partial charge in [-0.1, -0.05) is 46.4 Å². The standard InChI is InChI=1S/CCl4.CH3Cl3Si/c2-1(3,4)5;1-5(2,3)4/h;1H3. The van der Waals surface area contributed by atoms with E-state index in [4.69, 9.17) is 79.6 Å². The smallest absolute Gasteiger partial charge is 0.126 e. The fourth-order valence-electron chi connectivity index (χ4n) is 0. The van der Waals surface area contributed by atoms with Crippen LogP contribution >= 0.6 is 79.6 Å². The van der Waals surface area contributed by atoms with Crippen molar-refractivity contribution in [2.75, 3.05) is 0 Å². The van der Waals surface area contributed by atoms with Crippen molar-refractivity contribution in [3.8, 4) is 0 Å². The largest absolute Gasteiger partial charge is 0.338 e. The summed E-state index contributed by atoms with van der Waals surface area (Å²) in [6, 6.07) is -2.19. The number of alkyl halides is 4. The molecule has 0 rings (SSSR count). The van der Waals surface area contributed by atoms with Crippen LogP contribution in [0.2, 0.25) is 6.55 Å². The Morgan fingerprint density at radius 1 is 0.900 bits per heavy atom. The molecule has 0 bridgehead atoms. The molecule has 0 aromatic carbocycles. The topological polar surface area (TPSA) is 0 Å². The second kappa shape index (κ2) is 5.82. The van der Waals surface area contributed by atoms with Crippen LogP contribution in [0.15, 0.2) is 0 Å². The molecule has 0 nitrogen and oxygen atoms in total. The third-order valence-electron chi connectivity index (χ3n) is 0. The van der Waals surface area contributed by atoms with E-state index in [0.717, 1.165) is 0 Å². The van der Waals surface area contributed by atoms with Gasteiger partial charge in [0.1, 0.15) is 0 Å². The van der Waals surface area contributed by atoms with Gasteiger partial charge in [0.2, 0.25) is 0 Å². The van der Waals surface area contributed by atoms with E-state index < -0.39 is 9.25 Å². The fraction of sp³-hybridized carbons (Fsp3) is 1.00. The van der Waals surface area contributed by atoms with E-state index in [-0.39, 0.29) is 0 Å². The Morgan fingerprint density at radius 2 is 0.900 bits per heavy atom. The molecule has 0 aliphatic heterocycles. The molecular weight excluding hydrogens is 300 g/mol. The number of hydrogen-bond acceptors (Lipinski definition) is 0. The summed E-state index contributed by atoms with van der Waals surface area (Å²) in [6.07, 6.45) is 0. The van der Waals surface area contributed by atoms with Gasteiger partial charge in [-0.2, -0.15) is 0 Å². The van der Waals surface area contributed by atoms with Gasteiger partial charge in [0, 0.05) is 0 Å². The number of rotatable bonds is 0. The van der Waals surface area contributed by atoms with Crippen LogP contribution in [-0.4, -0.2) is 9.25 Å². The van der Waals surface area contributed by atoms with Crippen molar-refractivity contribution >= 4 is 85.6 Å². The van der Waals surface area contributed by atoms with E-state index in [1.807, 2.05) is 0 Å². The number of hydrogen-bond donors (Lipinski definition) is 0. The van der Waals surface area contributed by atoms with Crippen molar-refractivity contribution in [3.63, 3.8) is 0 Å². The molecule has 0 unspecified atom stereocenters. The van der Waals surface area contributed by atoms with Gasteiger partial charge in [-0.05, 0) is 6.55 Å². The Balaban J connectivity index is 0. The lowest BCUT2D eigenvalue weighted by molar-refractivity contribution is 1.76. The third-order valence-corrected chi connectivity index (χ3v) is 0. The molecule has 0 aromatic heterocycles. The maximum absolute atomic E-state index is 5.20. The molecule has 10 heavy (non-hydrogen) atoms. The van der Waals surface area contributed by atoms with Crippen molar-refractivity contribution in [1.82, 2.24) is 0 Å². The molecule has 0 amide bonds. The average Bonchev–Trinajstić information content (AvgIpc) is 1.12. The molecule has 0 heterocycles. The first-order valence-electron chi connectivity index (χ1n) is 1.82. The molecular formula is C2H3Cl7Si. The van der Waals surface area contributed by atoms with Crippen molar-refractivity contribution in [3.05, 3.63) is 0 Å². The molecule has 0 aromatic rings. The summed E-state index contributed by atoms with van der Waals surface area (Å²) in [4.78, 5) is 0. The highest BCUT2D eigenvalue weighted by molar-refractivity contribution is 7.64. The van der Waals surface area contributed by atoms with Crippen LogP contribution in [0.4, 0.5) is 0 Å². The minimum Gasteiger partial charge on any atom is -0.126 e. The lowest BCUT2D eigenvalue weighted by atomic mass is 11.8. The first kappa shape index (κ1) is 14.8. The molecule has 0 saturated heterocycles. The van der Waals surface area contributed by atoms with Crippen molar-refractivity contribution in [1.29, 1.82) is 0 Å². The van der Waals surface area contributed by atoms with Gasteiger partial charge < -0.3 is 0 Å². The molecule has 8 heteroatoms. The quantitative estimate of drug-likeness (QED) is 0.342. The first-order valence-corrected chi connectivity index (χ1v) is 8.87. The monoisotopic (exact) mass is 300 g/mol. The highest BCUT2D eigenvalue weighted by Crippen LogP contribution is 2.29. The molecule has 0 aliphatic rings. The average molecular weight is 303 g/mol. The zero-order valence-corrected chi connectivity index (χ0v) is 10.9. The van der Waals surface area contributed by atoms with Crippen molar-refractivity contribution in [2.45, 2.75) is 9.80 Å². The zero-order chi connectivity index (χ0) is 9.00. The summed E-state index contributed by atoms with van der Waals surface area (Å²) >= 11 is 34.9. The van der Waals surface area contributed by atoms with Crippen molar-refractivity contribution < 1.29 is 0 Å². The van der Waals surface area contributed by atoms with Crippen LogP contribution in [0.25, 0.3) is 0 Å². The molecule has 0 saturated carbocycles. The summed E-state index contributed by atoms with van der Waals surface area (Å²) in [5, 5.41) is 0. The predicted octanol–water partition coefficient (Wildman–Crippen LogP) is 4.82. The maximum atomic E-state index is 5.20. The molecule has 64 valence electrons. The Kier molecular flexibility index (Phi) is 8.58. The van der Waals surface area contributed by atoms with Gasteiger partial charge in [-0.25, -0.2) is 0 Å². The van der Waals surface area contributed by atoms with E-state index in [2.05, 4.69) is 0 Å². The molecule has 0 aliphatic carbocycles. The minimum atomic E-state index is -2.19. The molecule has 0 atom stereocenters. The van der Waals surface area contributed by atoms with Gasteiger partial charge in [-0.15, -0.1) is 33.2 Å². The molecule has 0 N–H and O–H groups in total. The molecule has 0 fully saturated rings. The Labute approximate surface area is 94.7 Å².